The van der Waals surface area contributed by atoms with Gasteiger partial charge in [-0.25, -0.2) is 0 Å². The third-order valence-corrected chi connectivity index (χ3v) is 5.54. The van der Waals surface area contributed by atoms with Crippen molar-refractivity contribution in [1.82, 2.24) is 15.2 Å². The van der Waals surface area contributed by atoms with Crippen molar-refractivity contribution in [3.63, 3.8) is 0 Å². The van der Waals surface area contributed by atoms with Crippen LogP contribution in [0, 0.1) is 13.8 Å². The van der Waals surface area contributed by atoms with Crippen molar-refractivity contribution in [3.8, 4) is 0 Å². The standard InChI is InChI=1S/C26H29N3O2/c1-19-10-9-11-20(2)24(19)26(31)29(3)22(18-21-12-5-4-6-13-21)15-17-28-25(30)23-14-7-8-16-27-23/h4-14,16,22H,15,17-18H2,1-3H3,(H,28,30). The molecule has 1 unspecified atom stereocenters. The van der Waals surface area contributed by atoms with Gasteiger partial charge in [0, 0.05) is 31.4 Å². The number of hydrogen-bond donors (Lipinski definition) is 1. The Hall–Kier alpha value is -3.47. The molecule has 0 aliphatic heterocycles. The van der Waals surface area contributed by atoms with Gasteiger partial charge in [-0.15, -0.1) is 0 Å². The molecule has 0 saturated heterocycles. The highest BCUT2D eigenvalue weighted by atomic mass is 16.2. The molecule has 3 aromatic rings. The van der Waals surface area contributed by atoms with Crippen molar-refractivity contribution in [2.24, 2.45) is 0 Å². The van der Waals surface area contributed by atoms with Crippen molar-refractivity contribution in [2.75, 3.05) is 13.6 Å². The molecule has 2 aromatic carbocycles. The van der Waals surface area contributed by atoms with E-state index in [0.29, 0.717) is 25.1 Å². The zero-order chi connectivity index (χ0) is 22.2. The maximum Gasteiger partial charge on any atom is 0.269 e. The van der Waals surface area contributed by atoms with E-state index in [-0.39, 0.29) is 17.9 Å². The second-order valence-corrected chi connectivity index (χ2v) is 7.79. The lowest BCUT2D eigenvalue weighted by molar-refractivity contribution is 0.0721. The number of carbonyl (C=O) groups excluding carboxylic acids is 2. The number of aromatic nitrogens is 1. The highest BCUT2D eigenvalue weighted by Gasteiger charge is 2.24. The van der Waals surface area contributed by atoms with Crippen LogP contribution in [0.5, 0.6) is 0 Å². The van der Waals surface area contributed by atoms with E-state index in [1.54, 1.807) is 24.4 Å². The van der Waals surface area contributed by atoms with E-state index >= 15 is 0 Å². The highest BCUT2D eigenvalue weighted by molar-refractivity contribution is 5.97. The fourth-order valence-corrected chi connectivity index (χ4v) is 3.75. The van der Waals surface area contributed by atoms with E-state index in [9.17, 15) is 9.59 Å². The SMILES string of the molecule is Cc1cccc(C)c1C(=O)N(C)C(CCNC(=O)c1ccccn1)Cc1ccccc1. The van der Waals surface area contributed by atoms with Crippen LogP contribution in [0.1, 0.15) is 44.0 Å². The number of nitrogens with zero attached hydrogens (tertiary/aromatic N) is 2. The zero-order valence-corrected chi connectivity index (χ0v) is 18.3. The molecule has 0 saturated carbocycles. The number of likely N-dealkylation sites (N-methyl/N-ethyl adjacent to an activating group) is 1. The maximum atomic E-state index is 13.4. The van der Waals surface area contributed by atoms with Crippen LogP contribution < -0.4 is 5.32 Å². The van der Waals surface area contributed by atoms with Crippen LogP contribution >= 0.6 is 0 Å². The van der Waals surface area contributed by atoms with Gasteiger partial charge in [0.1, 0.15) is 5.69 Å². The first-order valence-corrected chi connectivity index (χ1v) is 10.5. The Balaban J connectivity index is 1.74. The Morgan fingerprint density at radius 3 is 2.26 bits per heavy atom. The summed E-state index contributed by atoms with van der Waals surface area (Å²) in [4.78, 5) is 31.6. The molecule has 3 rings (SSSR count). The van der Waals surface area contributed by atoms with Gasteiger partial charge in [0.15, 0.2) is 0 Å². The second-order valence-electron chi connectivity index (χ2n) is 7.79. The normalized spacial score (nSPS) is 11.6. The van der Waals surface area contributed by atoms with E-state index in [1.165, 1.54) is 0 Å². The van der Waals surface area contributed by atoms with Gasteiger partial charge in [-0.2, -0.15) is 0 Å². The Bertz CT molecular complexity index is 999. The molecule has 31 heavy (non-hydrogen) atoms. The van der Waals surface area contributed by atoms with Crippen LogP contribution in [0.4, 0.5) is 0 Å². The highest BCUT2D eigenvalue weighted by Crippen LogP contribution is 2.19. The van der Waals surface area contributed by atoms with Gasteiger partial charge in [0.25, 0.3) is 11.8 Å². The molecule has 2 amide bonds. The molecular formula is C26H29N3O2. The molecule has 160 valence electrons. The fourth-order valence-electron chi connectivity index (χ4n) is 3.75. The molecule has 0 fully saturated rings. The summed E-state index contributed by atoms with van der Waals surface area (Å²) in [5.41, 5.74) is 4.24. The van der Waals surface area contributed by atoms with Crippen LogP contribution in [0.15, 0.2) is 72.9 Å². The first kappa shape index (κ1) is 22.2. The van der Waals surface area contributed by atoms with Crippen LogP contribution in [-0.2, 0) is 6.42 Å². The van der Waals surface area contributed by atoms with Crippen LogP contribution in [0.3, 0.4) is 0 Å². The Morgan fingerprint density at radius 2 is 1.61 bits per heavy atom. The number of aryl methyl sites for hydroxylation is 2. The van der Waals surface area contributed by atoms with Gasteiger partial charge in [0.2, 0.25) is 0 Å². The number of benzene rings is 2. The minimum Gasteiger partial charge on any atom is -0.351 e. The summed E-state index contributed by atoms with van der Waals surface area (Å²) in [5, 5.41) is 2.93. The van der Waals surface area contributed by atoms with E-state index < -0.39 is 0 Å². The number of rotatable bonds is 8. The lowest BCUT2D eigenvalue weighted by Crippen LogP contribution is -2.41. The van der Waals surface area contributed by atoms with E-state index in [2.05, 4.69) is 22.4 Å². The Labute approximate surface area is 184 Å². The molecule has 5 nitrogen and oxygen atoms in total. The minimum atomic E-state index is -0.206. The van der Waals surface area contributed by atoms with Crippen molar-refractivity contribution >= 4 is 11.8 Å². The number of hydrogen-bond acceptors (Lipinski definition) is 3. The van der Waals surface area contributed by atoms with Gasteiger partial charge in [-0.1, -0.05) is 54.6 Å². The third kappa shape index (κ3) is 5.79. The van der Waals surface area contributed by atoms with Crippen LogP contribution in [0.2, 0.25) is 0 Å². The zero-order valence-electron chi connectivity index (χ0n) is 18.3. The summed E-state index contributed by atoms with van der Waals surface area (Å²) in [5.74, 6) is -0.199. The van der Waals surface area contributed by atoms with Gasteiger partial charge in [-0.05, 0) is 55.5 Å². The molecular weight excluding hydrogens is 386 g/mol. The molecule has 1 N–H and O–H groups in total. The summed E-state index contributed by atoms with van der Waals surface area (Å²) >= 11 is 0. The first-order chi connectivity index (χ1) is 15.0. The Kier molecular flexibility index (Phi) is 7.55. The molecule has 1 heterocycles. The molecule has 0 aliphatic rings. The van der Waals surface area contributed by atoms with Gasteiger partial charge < -0.3 is 10.2 Å². The van der Waals surface area contributed by atoms with Gasteiger partial charge >= 0.3 is 0 Å². The van der Waals surface area contributed by atoms with Gasteiger partial charge in [0.05, 0.1) is 0 Å². The third-order valence-electron chi connectivity index (χ3n) is 5.54. The fraction of sp³-hybridized carbons (Fsp3) is 0.269. The molecule has 0 bridgehead atoms. The number of carbonyl (C=O) groups is 2. The molecule has 5 heteroatoms. The second kappa shape index (κ2) is 10.5. The van der Waals surface area contributed by atoms with Crippen LogP contribution in [0.25, 0.3) is 0 Å². The van der Waals surface area contributed by atoms with Crippen molar-refractivity contribution in [2.45, 2.75) is 32.7 Å². The molecule has 0 spiro atoms. The van der Waals surface area contributed by atoms with E-state index in [4.69, 9.17) is 0 Å². The quantitative estimate of drug-likeness (QED) is 0.600. The summed E-state index contributed by atoms with van der Waals surface area (Å²) in [6, 6.07) is 21.2. The number of pyridine rings is 1. The summed E-state index contributed by atoms with van der Waals surface area (Å²) in [6.45, 7) is 4.39. The predicted octanol–water partition coefficient (Wildman–Crippen LogP) is 4.20. The largest absolute Gasteiger partial charge is 0.351 e. The average Bonchev–Trinajstić information content (AvgIpc) is 2.79. The molecule has 0 radical (unpaired) electrons. The first-order valence-electron chi connectivity index (χ1n) is 10.5. The maximum absolute atomic E-state index is 13.4. The smallest absolute Gasteiger partial charge is 0.269 e. The van der Waals surface area contributed by atoms with Crippen LogP contribution in [-0.4, -0.2) is 41.3 Å². The predicted molar refractivity (Wildman–Crippen MR) is 123 cm³/mol. The topological polar surface area (TPSA) is 62.3 Å². The van der Waals surface area contributed by atoms with Crippen molar-refractivity contribution in [3.05, 3.63) is 101 Å². The van der Waals surface area contributed by atoms with E-state index in [0.717, 1.165) is 22.3 Å². The monoisotopic (exact) mass is 415 g/mol. The lowest BCUT2D eigenvalue weighted by Gasteiger charge is -2.30. The summed E-state index contributed by atoms with van der Waals surface area (Å²) < 4.78 is 0. The van der Waals surface area contributed by atoms with Gasteiger partial charge in [-0.3, -0.25) is 14.6 Å². The number of amides is 2. The average molecular weight is 416 g/mol. The van der Waals surface area contributed by atoms with Crippen molar-refractivity contribution in [1.29, 1.82) is 0 Å². The molecule has 1 aromatic heterocycles. The van der Waals surface area contributed by atoms with E-state index in [1.807, 2.05) is 62.2 Å². The Morgan fingerprint density at radius 1 is 0.935 bits per heavy atom. The minimum absolute atomic E-state index is 0.00702. The van der Waals surface area contributed by atoms with Crippen molar-refractivity contribution < 1.29 is 9.59 Å². The summed E-state index contributed by atoms with van der Waals surface area (Å²) in [6.07, 6.45) is 2.96. The number of nitrogens with one attached hydrogen (secondary N) is 1. The molecule has 0 aliphatic carbocycles. The summed E-state index contributed by atoms with van der Waals surface area (Å²) in [7, 11) is 1.85. The molecule has 1 atom stereocenters. The lowest BCUT2D eigenvalue weighted by atomic mass is 9.98.